The third kappa shape index (κ3) is 6.53. The molecule has 0 aliphatic carbocycles. The van der Waals surface area contributed by atoms with Gasteiger partial charge < -0.3 is 10.2 Å². The fourth-order valence-corrected chi connectivity index (χ4v) is 2.27. The Morgan fingerprint density at radius 1 is 1.19 bits per heavy atom. The summed E-state index contributed by atoms with van der Waals surface area (Å²) in [4.78, 5) is 3.52. The first-order chi connectivity index (χ1) is 7.68. The van der Waals surface area contributed by atoms with Crippen molar-refractivity contribution in [2.75, 3.05) is 39.5 Å². The second-order valence-corrected chi connectivity index (χ2v) is 5.94. The van der Waals surface area contributed by atoms with Crippen LogP contribution < -0.4 is 5.32 Å². The van der Waals surface area contributed by atoms with Crippen molar-refractivity contribution in [3.8, 4) is 0 Å². The second-order valence-electron chi connectivity index (χ2n) is 3.86. The number of likely N-dealkylation sites (N-methyl/N-ethyl adjacent to an activating group) is 1. The summed E-state index contributed by atoms with van der Waals surface area (Å²) < 4.78 is 1.14. The molecule has 2 nitrogen and oxygen atoms in total. The summed E-state index contributed by atoms with van der Waals surface area (Å²) >= 11 is 5.33. The SMILES string of the molecule is CN(C)CCNCCSc1ccc(Br)cc1. The van der Waals surface area contributed by atoms with Crippen LogP contribution in [0.1, 0.15) is 0 Å². The van der Waals surface area contributed by atoms with Gasteiger partial charge in [0, 0.05) is 34.8 Å². The van der Waals surface area contributed by atoms with E-state index in [1.165, 1.54) is 4.90 Å². The molecule has 0 fully saturated rings. The van der Waals surface area contributed by atoms with Gasteiger partial charge in [0.2, 0.25) is 0 Å². The number of halogens is 1. The quantitative estimate of drug-likeness (QED) is 0.616. The number of hydrogen-bond acceptors (Lipinski definition) is 3. The fraction of sp³-hybridized carbons (Fsp3) is 0.500. The van der Waals surface area contributed by atoms with Gasteiger partial charge in [-0.15, -0.1) is 11.8 Å². The van der Waals surface area contributed by atoms with Crippen LogP contribution in [-0.2, 0) is 0 Å². The maximum atomic E-state index is 3.44. The highest BCUT2D eigenvalue weighted by atomic mass is 79.9. The van der Waals surface area contributed by atoms with Gasteiger partial charge in [0.05, 0.1) is 0 Å². The zero-order valence-corrected chi connectivity index (χ0v) is 12.3. The zero-order chi connectivity index (χ0) is 11.8. The number of nitrogens with one attached hydrogen (secondary N) is 1. The first kappa shape index (κ1) is 14.0. The van der Waals surface area contributed by atoms with E-state index in [2.05, 4.69) is 64.5 Å². The molecule has 16 heavy (non-hydrogen) atoms. The molecule has 0 aliphatic rings. The van der Waals surface area contributed by atoms with E-state index in [1.807, 2.05) is 11.8 Å². The van der Waals surface area contributed by atoms with Crippen LogP contribution in [0.4, 0.5) is 0 Å². The molecular formula is C12H19BrN2S. The molecule has 0 aliphatic heterocycles. The first-order valence-electron chi connectivity index (χ1n) is 5.42. The highest BCUT2D eigenvalue weighted by Gasteiger charge is 1.94. The molecule has 1 N–H and O–H groups in total. The standard InChI is InChI=1S/C12H19BrN2S/c1-15(2)9-7-14-8-10-16-12-5-3-11(13)4-6-12/h3-6,14H,7-10H2,1-2H3. The van der Waals surface area contributed by atoms with Crippen molar-refractivity contribution in [3.05, 3.63) is 28.7 Å². The number of hydrogen-bond donors (Lipinski definition) is 1. The molecule has 1 rings (SSSR count). The predicted octanol–water partition coefficient (Wildman–Crippen LogP) is 2.69. The van der Waals surface area contributed by atoms with Gasteiger partial charge in [-0.3, -0.25) is 0 Å². The van der Waals surface area contributed by atoms with Crippen molar-refractivity contribution < 1.29 is 0 Å². The van der Waals surface area contributed by atoms with Gasteiger partial charge >= 0.3 is 0 Å². The van der Waals surface area contributed by atoms with Crippen LogP contribution in [0.3, 0.4) is 0 Å². The minimum atomic E-state index is 1.06. The van der Waals surface area contributed by atoms with Crippen molar-refractivity contribution in [3.63, 3.8) is 0 Å². The summed E-state index contributed by atoms with van der Waals surface area (Å²) in [6, 6.07) is 8.47. The monoisotopic (exact) mass is 302 g/mol. The Hall–Kier alpha value is -0.0300. The first-order valence-corrected chi connectivity index (χ1v) is 7.20. The summed E-state index contributed by atoms with van der Waals surface area (Å²) in [7, 11) is 4.19. The number of thioether (sulfide) groups is 1. The Bertz CT molecular complexity index is 288. The highest BCUT2D eigenvalue weighted by molar-refractivity contribution is 9.10. The predicted molar refractivity (Wildman–Crippen MR) is 76.3 cm³/mol. The molecule has 0 saturated heterocycles. The van der Waals surface area contributed by atoms with Gasteiger partial charge in [-0.25, -0.2) is 0 Å². The topological polar surface area (TPSA) is 15.3 Å². The Morgan fingerprint density at radius 2 is 1.88 bits per heavy atom. The lowest BCUT2D eigenvalue weighted by Crippen LogP contribution is -2.27. The van der Waals surface area contributed by atoms with Crippen molar-refractivity contribution >= 4 is 27.7 Å². The molecule has 4 heteroatoms. The van der Waals surface area contributed by atoms with E-state index in [9.17, 15) is 0 Å². The third-order valence-electron chi connectivity index (χ3n) is 2.10. The van der Waals surface area contributed by atoms with E-state index in [1.54, 1.807) is 0 Å². The highest BCUT2D eigenvalue weighted by Crippen LogP contribution is 2.19. The molecule has 0 bridgehead atoms. The number of benzene rings is 1. The van der Waals surface area contributed by atoms with E-state index < -0.39 is 0 Å². The molecule has 1 aromatic rings. The van der Waals surface area contributed by atoms with Crippen LogP contribution in [-0.4, -0.2) is 44.4 Å². The van der Waals surface area contributed by atoms with E-state index >= 15 is 0 Å². The second kappa shape index (κ2) is 8.12. The summed E-state index contributed by atoms with van der Waals surface area (Å²) in [5.41, 5.74) is 0. The van der Waals surface area contributed by atoms with Crippen LogP contribution in [0.15, 0.2) is 33.6 Å². The smallest absolute Gasteiger partial charge is 0.0176 e. The van der Waals surface area contributed by atoms with Crippen LogP contribution in [0.25, 0.3) is 0 Å². The van der Waals surface area contributed by atoms with Crippen molar-refractivity contribution in [2.45, 2.75) is 4.90 Å². The van der Waals surface area contributed by atoms with Gasteiger partial charge in [0.15, 0.2) is 0 Å². The van der Waals surface area contributed by atoms with Crippen LogP contribution in [0.2, 0.25) is 0 Å². The molecule has 0 aromatic heterocycles. The van der Waals surface area contributed by atoms with Crippen LogP contribution in [0.5, 0.6) is 0 Å². The van der Waals surface area contributed by atoms with Crippen molar-refractivity contribution in [1.82, 2.24) is 10.2 Å². The molecule has 0 unspecified atom stereocenters. The Morgan fingerprint density at radius 3 is 2.50 bits per heavy atom. The molecule has 0 amide bonds. The fourth-order valence-electron chi connectivity index (χ4n) is 1.20. The van der Waals surface area contributed by atoms with E-state index in [0.717, 1.165) is 29.9 Å². The lowest BCUT2D eigenvalue weighted by atomic mass is 10.4. The van der Waals surface area contributed by atoms with Gasteiger partial charge in [0.1, 0.15) is 0 Å². The maximum Gasteiger partial charge on any atom is 0.0176 e. The van der Waals surface area contributed by atoms with E-state index in [-0.39, 0.29) is 0 Å². The van der Waals surface area contributed by atoms with Gasteiger partial charge in [-0.2, -0.15) is 0 Å². The van der Waals surface area contributed by atoms with Gasteiger partial charge in [-0.05, 0) is 38.4 Å². The van der Waals surface area contributed by atoms with Gasteiger partial charge in [0.25, 0.3) is 0 Å². The Balaban J connectivity index is 2.05. The molecule has 1 aromatic carbocycles. The molecule has 0 saturated carbocycles. The minimum absolute atomic E-state index is 1.06. The zero-order valence-electron chi connectivity index (χ0n) is 9.87. The van der Waals surface area contributed by atoms with E-state index in [4.69, 9.17) is 0 Å². The summed E-state index contributed by atoms with van der Waals surface area (Å²) in [5, 5.41) is 3.43. The lowest BCUT2D eigenvalue weighted by molar-refractivity contribution is 0.403. The average molecular weight is 303 g/mol. The summed E-state index contributed by atoms with van der Waals surface area (Å²) in [5.74, 6) is 1.12. The van der Waals surface area contributed by atoms with Crippen LogP contribution in [0, 0.1) is 0 Å². The largest absolute Gasteiger partial charge is 0.315 e. The van der Waals surface area contributed by atoms with Gasteiger partial charge in [-0.1, -0.05) is 15.9 Å². The lowest BCUT2D eigenvalue weighted by Gasteiger charge is -2.10. The Labute approximate surface area is 111 Å². The summed E-state index contributed by atoms with van der Waals surface area (Å²) in [6.07, 6.45) is 0. The van der Waals surface area contributed by atoms with Crippen molar-refractivity contribution in [1.29, 1.82) is 0 Å². The average Bonchev–Trinajstić information content (AvgIpc) is 2.25. The molecule has 90 valence electrons. The Kier molecular flexibility index (Phi) is 7.12. The number of rotatable bonds is 7. The van der Waals surface area contributed by atoms with Crippen molar-refractivity contribution in [2.24, 2.45) is 0 Å². The normalized spacial score (nSPS) is 11.0. The molecular weight excluding hydrogens is 284 g/mol. The molecule has 0 radical (unpaired) electrons. The molecule has 0 spiro atoms. The maximum absolute atomic E-state index is 3.44. The molecule has 0 heterocycles. The minimum Gasteiger partial charge on any atom is -0.315 e. The molecule has 0 atom stereocenters. The van der Waals surface area contributed by atoms with Crippen LogP contribution >= 0.6 is 27.7 Å². The number of nitrogens with zero attached hydrogens (tertiary/aromatic N) is 1. The van der Waals surface area contributed by atoms with E-state index in [0.29, 0.717) is 0 Å². The summed E-state index contributed by atoms with van der Waals surface area (Å²) in [6.45, 7) is 3.23. The third-order valence-corrected chi connectivity index (χ3v) is 3.64.